The van der Waals surface area contributed by atoms with Crippen LogP contribution >= 0.6 is 0 Å². The monoisotopic (exact) mass is 355 g/mol. The van der Waals surface area contributed by atoms with Crippen molar-refractivity contribution in [3.05, 3.63) is 54.1 Å². The first-order chi connectivity index (χ1) is 12.3. The van der Waals surface area contributed by atoms with Gasteiger partial charge < -0.3 is 25.6 Å². The molecule has 0 radical (unpaired) electrons. The molecular formula is C19H21N3O4. The summed E-state index contributed by atoms with van der Waals surface area (Å²) >= 11 is 0. The number of carbonyl (C=O) groups is 1. The van der Waals surface area contributed by atoms with E-state index >= 15 is 0 Å². The lowest BCUT2D eigenvalue weighted by atomic mass is 9.70. The number of hydrogen-bond donors (Lipinski definition) is 3. The topological polar surface area (TPSA) is 108 Å². The van der Waals surface area contributed by atoms with E-state index in [-0.39, 0.29) is 18.2 Å². The number of allylic oxidation sites excluding steroid dienone is 4. The lowest BCUT2D eigenvalue weighted by molar-refractivity contribution is -0.173. The second-order valence-corrected chi connectivity index (χ2v) is 7.14. The van der Waals surface area contributed by atoms with E-state index < -0.39 is 22.8 Å². The van der Waals surface area contributed by atoms with Crippen molar-refractivity contribution in [1.82, 2.24) is 4.90 Å². The third-order valence-electron chi connectivity index (χ3n) is 5.83. The molecule has 1 aromatic rings. The number of likely N-dealkylation sites (N-methyl/N-ethyl adjacent to an activating group) is 1. The quantitative estimate of drug-likeness (QED) is 0.713. The predicted octanol–water partition coefficient (Wildman–Crippen LogP) is 0.501. The molecule has 3 aliphatic rings. The minimum absolute atomic E-state index is 0.0724. The Kier molecular flexibility index (Phi) is 3.35. The number of aliphatic hydroxyl groups is 2. The van der Waals surface area contributed by atoms with Crippen LogP contribution in [-0.4, -0.2) is 52.5 Å². The number of ketones is 1. The molecule has 4 rings (SSSR count). The molecule has 0 bridgehead atoms. The summed E-state index contributed by atoms with van der Waals surface area (Å²) in [4.78, 5) is 17.3. The summed E-state index contributed by atoms with van der Waals surface area (Å²) in [6.07, 6.45) is 6.58. The Labute approximate surface area is 151 Å². The van der Waals surface area contributed by atoms with Gasteiger partial charge in [-0.3, -0.25) is 4.79 Å². The number of carbonyl (C=O) groups excluding carboxylic acids is 1. The molecule has 7 heteroatoms. The largest absolute Gasteiger partial charge is 0.497 e. The van der Waals surface area contributed by atoms with Crippen LogP contribution < -0.4 is 10.5 Å². The van der Waals surface area contributed by atoms with Gasteiger partial charge in [0.15, 0.2) is 17.5 Å². The Hall–Kier alpha value is -2.64. The predicted molar refractivity (Wildman–Crippen MR) is 95.4 cm³/mol. The molecule has 136 valence electrons. The minimum atomic E-state index is -1.85. The molecule has 3 unspecified atom stereocenters. The molecule has 0 saturated heterocycles. The molecule has 0 aromatic heterocycles. The van der Waals surface area contributed by atoms with Crippen LogP contribution in [0.1, 0.15) is 17.9 Å². The highest BCUT2D eigenvalue weighted by Crippen LogP contribution is 2.64. The highest BCUT2D eigenvalue weighted by Gasteiger charge is 2.73. The number of aliphatic imine (C=N–C) groups is 1. The van der Waals surface area contributed by atoms with E-state index in [9.17, 15) is 15.0 Å². The number of ether oxygens (including phenoxy) is 1. The highest BCUT2D eigenvalue weighted by molar-refractivity contribution is 6.00. The van der Waals surface area contributed by atoms with Gasteiger partial charge in [0.05, 0.1) is 13.0 Å². The zero-order chi connectivity index (χ0) is 18.7. The van der Waals surface area contributed by atoms with Crippen LogP contribution in [0.4, 0.5) is 0 Å². The lowest BCUT2D eigenvalue weighted by Gasteiger charge is -2.37. The van der Waals surface area contributed by atoms with E-state index in [1.165, 1.54) is 17.1 Å². The summed E-state index contributed by atoms with van der Waals surface area (Å²) in [5.41, 5.74) is 2.37. The van der Waals surface area contributed by atoms with Crippen LogP contribution in [0.15, 0.2) is 53.6 Å². The van der Waals surface area contributed by atoms with Crippen molar-refractivity contribution in [2.24, 2.45) is 16.1 Å². The maximum atomic E-state index is 11.7. The summed E-state index contributed by atoms with van der Waals surface area (Å²) < 4.78 is 5.21. The van der Waals surface area contributed by atoms with Crippen LogP contribution in [0, 0.1) is 5.41 Å². The van der Waals surface area contributed by atoms with Gasteiger partial charge in [-0.05, 0) is 29.8 Å². The first-order valence-corrected chi connectivity index (χ1v) is 8.36. The zero-order valence-electron chi connectivity index (χ0n) is 14.6. The number of benzene rings is 1. The van der Waals surface area contributed by atoms with Crippen molar-refractivity contribution < 1.29 is 19.7 Å². The Morgan fingerprint density at radius 3 is 2.42 bits per heavy atom. The van der Waals surface area contributed by atoms with Gasteiger partial charge in [-0.15, -0.1) is 0 Å². The van der Waals surface area contributed by atoms with E-state index in [0.717, 1.165) is 5.56 Å². The first kappa shape index (κ1) is 16.8. The second kappa shape index (κ2) is 5.18. The van der Waals surface area contributed by atoms with Crippen LogP contribution in [-0.2, 0) is 4.79 Å². The molecule has 7 nitrogen and oxygen atoms in total. The molecule has 4 N–H and O–H groups in total. The Morgan fingerprint density at radius 1 is 1.23 bits per heavy atom. The SMILES string of the molecule is COc1ccc(C2C3(C=CC(=O)C=C3)CC3(O)N(C)C(N)=NC23O)cc1. The molecule has 2 aliphatic carbocycles. The van der Waals surface area contributed by atoms with E-state index in [4.69, 9.17) is 10.5 Å². The van der Waals surface area contributed by atoms with Crippen LogP contribution in [0.5, 0.6) is 5.75 Å². The number of nitrogens with two attached hydrogens (primary N) is 1. The number of rotatable bonds is 2. The number of nitrogens with zero attached hydrogens (tertiary/aromatic N) is 2. The summed E-state index contributed by atoms with van der Waals surface area (Å²) in [6.45, 7) is 0. The normalized spacial score (nSPS) is 34.3. The standard InChI is InChI=1S/C19H21N3O4/c1-22-16(20)21-19(25)15(12-3-5-14(26-2)6-4-12)17(11-18(19,22)24)9-7-13(23)8-10-17/h3-10,15,24-25H,11H2,1-2H3,(H2,20,21). The van der Waals surface area contributed by atoms with Crippen molar-refractivity contribution in [3.63, 3.8) is 0 Å². The number of fused-ring (bicyclic) bond motifs is 1. The van der Waals surface area contributed by atoms with E-state index in [1.807, 2.05) is 12.1 Å². The molecule has 1 spiro atoms. The average molecular weight is 355 g/mol. The van der Waals surface area contributed by atoms with Crippen molar-refractivity contribution in [3.8, 4) is 5.75 Å². The summed E-state index contributed by atoms with van der Waals surface area (Å²) in [7, 11) is 3.18. The molecule has 3 atom stereocenters. The van der Waals surface area contributed by atoms with Gasteiger partial charge in [0.1, 0.15) is 5.75 Å². The maximum Gasteiger partial charge on any atom is 0.216 e. The molecule has 1 saturated carbocycles. The number of methoxy groups -OCH3 is 1. The van der Waals surface area contributed by atoms with Gasteiger partial charge in [-0.25, -0.2) is 4.99 Å². The molecule has 1 heterocycles. The fourth-order valence-corrected chi connectivity index (χ4v) is 4.46. The zero-order valence-corrected chi connectivity index (χ0v) is 14.6. The summed E-state index contributed by atoms with van der Waals surface area (Å²) in [5, 5.41) is 22.9. The van der Waals surface area contributed by atoms with Gasteiger partial charge in [0.25, 0.3) is 0 Å². The van der Waals surface area contributed by atoms with Crippen molar-refractivity contribution in [1.29, 1.82) is 0 Å². The Morgan fingerprint density at radius 2 is 1.85 bits per heavy atom. The summed E-state index contributed by atoms with van der Waals surface area (Å²) in [6, 6.07) is 7.24. The van der Waals surface area contributed by atoms with Crippen LogP contribution in [0.3, 0.4) is 0 Å². The minimum Gasteiger partial charge on any atom is -0.497 e. The number of guanidine groups is 1. The second-order valence-electron chi connectivity index (χ2n) is 7.14. The van der Waals surface area contributed by atoms with Gasteiger partial charge in [-0.2, -0.15) is 0 Å². The molecule has 1 fully saturated rings. The first-order valence-electron chi connectivity index (χ1n) is 8.36. The van der Waals surface area contributed by atoms with Crippen LogP contribution in [0.25, 0.3) is 0 Å². The van der Waals surface area contributed by atoms with Gasteiger partial charge in [-0.1, -0.05) is 24.3 Å². The number of hydrogen-bond acceptors (Lipinski definition) is 7. The average Bonchev–Trinajstić information content (AvgIpc) is 2.91. The molecule has 0 amide bonds. The van der Waals surface area contributed by atoms with E-state index in [0.29, 0.717) is 5.75 Å². The highest BCUT2D eigenvalue weighted by atomic mass is 16.5. The van der Waals surface area contributed by atoms with E-state index in [2.05, 4.69) is 4.99 Å². The summed E-state index contributed by atoms with van der Waals surface area (Å²) in [5.74, 6) is -0.00534. The molecule has 26 heavy (non-hydrogen) atoms. The van der Waals surface area contributed by atoms with Crippen LogP contribution in [0.2, 0.25) is 0 Å². The fraction of sp³-hybridized carbons (Fsp3) is 0.368. The Balaban J connectivity index is 1.92. The molecular weight excluding hydrogens is 334 g/mol. The fourth-order valence-electron chi connectivity index (χ4n) is 4.46. The lowest BCUT2D eigenvalue weighted by Crippen LogP contribution is -2.57. The third-order valence-corrected chi connectivity index (χ3v) is 5.83. The smallest absolute Gasteiger partial charge is 0.216 e. The third kappa shape index (κ3) is 1.95. The Bertz CT molecular complexity index is 844. The molecule has 1 aromatic carbocycles. The van der Waals surface area contributed by atoms with Gasteiger partial charge >= 0.3 is 0 Å². The van der Waals surface area contributed by atoms with Crippen molar-refractivity contribution in [2.45, 2.75) is 23.8 Å². The molecule has 1 aliphatic heterocycles. The van der Waals surface area contributed by atoms with Gasteiger partial charge in [0.2, 0.25) is 5.72 Å². The van der Waals surface area contributed by atoms with Gasteiger partial charge in [0, 0.05) is 18.9 Å². The van der Waals surface area contributed by atoms with Crippen molar-refractivity contribution >= 4 is 11.7 Å². The van der Waals surface area contributed by atoms with E-state index in [1.54, 1.807) is 38.4 Å². The van der Waals surface area contributed by atoms with Crippen molar-refractivity contribution in [2.75, 3.05) is 14.2 Å². The maximum absolute atomic E-state index is 11.7.